The van der Waals surface area contributed by atoms with Crippen LogP contribution in [0.4, 0.5) is 0 Å². The summed E-state index contributed by atoms with van der Waals surface area (Å²) in [5.74, 6) is 0.764. The summed E-state index contributed by atoms with van der Waals surface area (Å²) in [7, 11) is 0. The van der Waals surface area contributed by atoms with E-state index in [4.69, 9.17) is 9.15 Å². The molecule has 0 aliphatic carbocycles. The van der Waals surface area contributed by atoms with E-state index in [9.17, 15) is 4.79 Å². The third-order valence-corrected chi connectivity index (χ3v) is 3.33. The molecule has 0 N–H and O–H groups in total. The monoisotopic (exact) mass is 280 g/mol. The summed E-state index contributed by atoms with van der Waals surface area (Å²) in [5, 5.41) is 0.545. The van der Waals surface area contributed by atoms with Crippen LogP contribution in [-0.2, 0) is 0 Å². The second kappa shape index (κ2) is 5.44. The zero-order valence-corrected chi connectivity index (χ0v) is 12.1. The number of hydrogen-bond acceptors (Lipinski definition) is 3. The van der Waals surface area contributed by atoms with Crippen molar-refractivity contribution < 1.29 is 9.15 Å². The average Bonchev–Trinajstić information content (AvgIpc) is 2.50. The Bertz CT molecular complexity index is 832. The largest absolute Gasteiger partial charge is 0.487 e. The zero-order valence-electron chi connectivity index (χ0n) is 12.1. The number of aryl methyl sites for hydroxylation is 1. The van der Waals surface area contributed by atoms with Gasteiger partial charge in [-0.25, -0.2) is 0 Å². The second-order valence-corrected chi connectivity index (χ2v) is 4.89. The van der Waals surface area contributed by atoms with E-state index in [0.717, 1.165) is 11.1 Å². The summed E-state index contributed by atoms with van der Waals surface area (Å²) in [6, 6.07) is 15.1. The maximum Gasteiger partial charge on any atom is 0.235 e. The van der Waals surface area contributed by atoms with Crippen LogP contribution in [-0.4, -0.2) is 6.61 Å². The highest BCUT2D eigenvalue weighted by atomic mass is 16.5. The lowest BCUT2D eigenvalue weighted by Gasteiger charge is -2.10. The van der Waals surface area contributed by atoms with Crippen molar-refractivity contribution in [3.8, 4) is 17.1 Å². The molecule has 0 saturated heterocycles. The lowest BCUT2D eigenvalue weighted by atomic mass is 10.1. The van der Waals surface area contributed by atoms with Crippen LogP contribution in [0, 0.1) is 6.92 Å². The van der Waals surface area contributed by atoms with Crippen LogP contribution < -0.4 is 10.2 Å². The van der Waals surface area contributed by atoms with Gasteiger partial charge in [0.05, 0.1) is 12.0 Å². The molecule has 0 spiro atoms. The molecule has 1 heterocycles. The molecule has 2 aromatic carbocycles. The Hall–Kier alpha value is -2.55. The third-order valence-electron chi connectivity index (χ3n) is 3.33. The van der Waals surface area contributed by atoms with Gasteiger partial charge in [0.15, 0.2) is 5.76 Å². The predicted molar refractivity (Wildman–Crippen MR) is 83.8 cm³/mol. The summed E-state index contributed by atoms with van der Waals surface area (Å²) in [6.45, 7) is 4.24. The minimum Gasteiger partial charge on any atom is -0.487 e. The normalized spacial score (nSPS) is 10.8. The Labute approximate surface area is 122 Å². The van der Waals surface area contributed by atoms with Gasteiger partial charge in [0.2, 0.25) is 11.2 Å². The van der Waals surface area contributed by atoms with E-state index in [1.54, 1.807) is 6.07 Å². The lowest BCUT2D eigenvalue weighted by Crippen LogP contribution is -2.09. The molecule has 0 bridgehead atoms. The van der Waals surface area contributed by atoms with Gasteiger partial charge < -0.3 is 9.15 Å². The van der Waals surface area contributed by atoms with E-state index in [2.05, 4.69) is 0 Å². The standard InChI is InChI=1S/C18H16O3/c1-3-20-18-16(19)14-10-9-12(2)11-15(14)21-17(18)13-7-5-4-6-8-13/h4-11H,3H2,1-2H3. The highest BCUT2D eigenvalue weighted by Crippen LogP contribution is 2.30. The van der Waals surface area contributed by atoms with Gasteiger partial charge in [0, 0.05) is 5.56 Å². The molecular formula is C18H16O3. The number of fused-ring (bicyclic) bond motifs is 1. The van der Waals surface area contributed by atoms with Gasteiger partial charge in [-0.15, -0.1) is 0 Å². The molecule has 0 unspecified atom stereocenters. The van der Waals surface area contributed by atoms with E-state index in [1.165, 1.54) is 0 Å². The van der Waals surface area contributed by atoms with Gasteiger partial charge in [0.25, 0.3) is 0 Å². The van der Waals surface area contributed by atoms with E-state index in [-0.39, 0.29) is 11.2 Å². The van der Waals surface area contributed by atoms with E-state index >= 15 is 0 Å². The Morgan fingerprint density at radius 1 is 1.10 bits per heavy atom. The Balaban J connectivity index is 2.36. The van der Waals surface area contributed by atoms with Gasteiger partial charge >= 0.3 is 0 Å². The number of ether oxygens (including phenoxy) is 1. The molecule has 3 aromatic rings. The number of benzene rings is 2. The molecule has 0 amide bonds. The molecular weight excluding hydrogens is 264 g/mol. The van der Waals surface area contributed by atoms with Crippen LogP contribution in [0.25, 0.3) is 22.3 Å². The molecule has 0 aliphatic rings. The minimum atomic E-state index is -0.128. The third kappa shape index (κ3) is 2.42. The van der Waals surface area contributed by atoms with Crippen molar-refractivity contribution in [3.63, 3.8) is 0 Å². The first-order valence-electron chi connectivity index (χ1n) is 6.96. The van der Waals surface area contributed by atoms with Crippen LogP contribution in [0.5, 0.6) is 5.75 Å². The molecule has 0 saturated carbocycles. The summed E-state index contributed by atoms with van der Waals surface area (Å²) < 4.78 is 11.5. The number of hydrogen-bond donors (Lipinski definition) is 0. The van der Waals surface area contributed by atoms with Crippen molar-refractivity contribution >= 4 is 11.0 Å². The van der Waals surface area contributed by atoms with Crippen molar-refractivity contribution in [1.82, 2.24) is 0 Å². The van der Waals surface area contributed by atoms with Crippen LogP contribution >= 0.6 is 0 Å². The van der Waals surface area contributed by atoms with Crippen LogP contribution in [0.3, 0.4) is 0 Å². The van der Waals surface area contributed by atoms with Gasteiger partial charge in [-0.3, -0.25) is 4.79 Å². The summed E-state index contributed by atoms with van der Waals surface area (Å²) >= 11 is 0. The maximum absolute atomic E-state index is 12.6. The maximum atomic E-state index is 12.6. The molecule has 0 aliphatic heterocycles. The molecule has 3 nitrogen and oxygen atoms in total. The average molecular weight is 280 g/mol. The van der Waals surface area contributed by atoms with Crippen molar-refractivity contribution in [2.45, 2.75) is 13.8 Å². The molecule has 0 atom stereocenters. The van der Waals surface area contributed by atoms with E-state index in [1.807, 2.05) is 56.3 Å². The summed E-state index contributed by atoms with van der Waals surface area (Å²) in [6.07, 6.45) is 0. The summed E-state index contributed by atoms with van der Waals surface area (Å²) in [4.78, 5) is 12.6. The first-order chi connectivity index (χ1) is 10.2. The predicted octanol–water partition coefficient (Wildman–Crippen LogP) is 4.17. The fourth-order valence-electron chi connectivity index (χ4n) is 2.34. The van der Waals surface area contributed by atoms with Crippen molar-refractivity contribution in [1.29, 1.82) is 0 Å². The van der Waals surface area contributed by atoms with Crippen LogP contribution in [0.1, 0.15) is 12.5 Å². The molecule has 21 heavy (non-hydrogen) atoms. The Morgan fingerprint density at radius 2 is 1.86 bits per heavy atom. The number of rotatable bonds is 3. The highest BCUT2D eigenvalue weighted by Gasteiger charge is 2.17. The van der Waals surface area contributed by atoms with E-state index < -0.39 is 0 Å². The van der Waals surface area contributed by atoms with E-state index in [0.29, 0.717) is 23.3 Å². The molecule has 3 heteroatoms. The first-order valence-corrected chi connectivity index (χ1v) is 6.96. The molecule has 0 fully saturated rings. The van der Waals surface area contributed by atoms with Gasteiger partial charge in [-0.1, -0.05) is 36.4 Å². The topological polar surface area (TPSA) is 39.4 Å². The Morgan fingerprint density at radius 3 is 2.57 bits per heavy atom. The molecule has 0 radical (unpaired) electrons. The zero-order chi connectivity index (χ0) is 14.8. The van der Waals surface area contributed by atoms with Crippen LogP contribution in [0.2, 0.25) is 0 Å². The fourth-order valence-corrected chi connectivity index (χ4v) is 2.34. The van der Waals surface area contributed by atoms with Gasteiger partial charge in [-0.05, 0) is 31.5 Å². The second-order valence-electron chi connectivity index (χ2n) is 4.89. The first kappa shape index (κ1) is 13.4. The molecule has 1 aromatic heterocycles. The summed E-state index contributed by atoms with van der Waals surface area (Å²) in [5.41, 5.74) is 2.34. The van der Waals surface area contributed by atoms with Gasteiger partial charge in [0.1, 0.15) is 5.58 Å². The van der Waals surface area contributed by atoms with Crippen molar-refractivity contribution in [2.24, 2.45) is 0 Å². The smallest absolute Gasteiger partial charge is 0.235 e. The minimum absolute atomic E-state index is 0.128. The van der Waals surface area contributed by atoms with Crippen molar-refractivity contribution in [3.05, 3.63) is 64.3 Å². The quantitative estimate of drug-likeness (QED) is 0.723. The highest BCUT2D eigenvalue weighted by molar-refractivity contribution is 5.82. The Kier molecular flexibility index (Phi) is 3.48. The van der Waals surface area contributed by atoms with Gasteiger partial charge in [-0.2, -0.15) is 0 Å². The molecule has 3 rings (SSSR count). The van der Waals surface area contributed by atoms with Crippen molar-refractivity contribution in [2.75, 3.05) is 6.61 Å². The lowest BCUT2D eigenvalue weighted by molar-refractivity contribution is 0.330. The SMILES string of the molecule is CCOc1c(-c2ccccc2)oc2cc(C)ccc2c1=O. The fraction of sp³-hybridized carbons (Fsp3) is 0.167. The van der Waals surface area contributed by atoms with Crippen LogP contribution in [0.15, 0.2) is 57.7 Å². The molecule has 106 valence electrons.